The predicted octanol–water partition coefficient (Wildman–Crippen LogP) is 2.33. The molecule has 21 heavy (non-hydrogen) atoms. The molecule has 2 heterocycles. The van der Waals surface area contributed by atoms with Gasteiger partial charge in [0.25, 0.3) is 5.69 Å². The van der Waals surface area contributed by atoms with Crippen LogP contribution in [0.15, 0.2) is 12.3 Å². The number of halogens is 1. The standard InChI is InChI=1S/C13H14ClN3O4/c14-10-4-9(17(20)21)5-15-11(10)16-6-8-2-1-3-13(8,7-16)12(18)19/h4-5,8H,1-3,6-7H2,(H,18,19)/t8-,13+/m0/s1. The van der Waals surface area contributed by atoms with Gasteiger partial charge in [-0.25, -0.2) is 4.98 Å². The first-order valence-corrected chi connectivity index (χ1v) is 7.10. The van der Waals surface area contributed by atoms with E-state index in [-0.39, 0.29) is 16.6 Å². The highest BCUT2D eigenvalue weighted by Gasteiger charge is 2.55. The van der Waals surface area contributed by atoms with E-state index in [1.807, 2.05) is 4.90 Å². The highest BCUT2D eigenvalue weighted by atomic mass is 35.5. The Bertz CT molecular complexity index is 623. The van der Waals surface area contributed by atoms with Crippen LogP contribution in [-0.4, -0.2) is 34.1 Å². The zero-order valence-electron chi connectivity index (χ0n) is 11.2. The van der Waals surface area contributed by atoms with Gasteiger partial charge >= 0.3 is 5.97 Å². The van der Waals surface area contributed by atoms with E-state index in [0.717, 1.165) is 19.0 Å². The van der Waals surface area contributed by atoms with Crippen molar-refractivity contribution in [3.05, 3.63) is 27.4 Å². The van der Waals surface area contributed by atoms with Crippen molar-refractivity contribution in [1.29, 1.82) is 0 Å². The van der Waals surface area contributed by atoms with Crippen molar-refractivity contribution in [3.8, 4) is 0 Å². The Morgan fingerprint density at radius 2 is 2.38 bits per heavy atom. The fourth-order valence-electron chi connectivity index (χ4n) is 3.55. The highest BCUT2D eigenvalue weighted by Crippen LogP contribution is 2.50. The van der Waals surface area contributed by atoms with Crippen molar-refractivity contribution in [2.24, 2.45) is 11.3 Å². The molecule has 3 rings (SSSR count). The molecule has 1 saturated heterocycles. The molecule has 1 aromatic rings. The molecule has 0 bridgehead atoms. The Kier molecular flexibility index (Phi) is 3.24. The summed E-state index contributed by atoms with van der Waals surface area (Å²) >= 11 is 6.08. The van der Waals surface area contributed by atoms with Crippen molar-refractivity contribution in [3.63, 3.8) is 0 Å². The number of rotatable bonds is 3. The Morgan fingerprint density at radius 3 is 2.95 bits per heavy atom. The first-order valence-electron chi connectivity index (χ1n) is 6.72. The van der Waals surface area contributed by atoms with Gasteiger partial charge in [-0.3, -0.25) is 14.9 Å². The molecule has 8 heteroatoms. The van der Waals surface area contributed by atoms with Gasteiger partial charge in [0.15, 0.2) is 0 Å². The number of hydrogen-bond acceptors (Lipinski definition) is 5. The quantitative estimate of drug-likeness (QED) is 0.679. The van der Waals surface area contributed by atoms with Gasteiger partial charge < -0.3 is 10.0 Å². The summed E-state index contributed by atoms with van der Waals surface area (Å²) in [6, 6.07) is 1.26. The molecule has 0 amide bonds. The number of pyridine rings is 1. The lowest BCUT2D eigenvalue weighted by Crippen LogP contribution is -2.35. The molecule has 0 radical (unpaired) electrons. The summed E-state index contributed by atoms with van der Waals surface area (Å²) in [5.74, 6) is -0.258. The van der Waals surface area contributed by atoms with E-state index in [4.69, 9.17) is 11.6 Å². The highest BCUT2D eigenvalue weighted by molar-refractivity contribution is 6.33. The van der Waals surface area contributed by atoms with Crippen LogP contribution in [0.1, 0.15) is 19.3 Å². The van der Waals surface area contributed by atoms with Gasteiger partial charge in [-0.05, 0) is 18.8 Å². The van der Waals surface area contributed by atoms with E-state index >= 15 is 0 Å². The normalized spacial score (nSPS) is 27.7. The molecule has 0 aromatic carbocycles. The molecule has 2 aliphatic rings. The molecule has 0 unspecified atom stereocenters. The minimum atomic E-state index is -0.773. The first-order chi connectivity index (χ1) is 9.94. The van der Waals surface area contributed by atoms with Gasteiger partial charge in [0.05, 0.1) is 15.4 Å². The van der Waals surface area contributed by atoms with Gasteiger partial charge in [-0.15, -0.1) is 0 Å². The second-order valence-corrected chi connectivity index (χ2v) is 6.09. The topological polar surface area (TPSA) is 96.6 Å². The number of aromatic nitrogens is 1. The van der Waals surface area contributed by atoms with Gasteiger partial charge in [0, 0.05) is 19.2 Å². The maximum atomic E-state index is 11.6. The molecule has 112 valence electrons. The van der Waals surface area contributed by atoms with Gasteiger partial charge in [-0.2, -0.15) is 0 Å². The Labute approximate surface area is 125 Å². The van der Waals surface area contributed by atoms with Crippen molar-refractivity contribution in [1.82, 2.24) is 4.98 Å². The number of fused-ring (bicyclic) bond motifs is 1. The molecule has 1 aromatic heterocycles. The number of anilines is 1. The molecule has 1 aliphatic carbocycles. The second-order valence-electron chi connectivity index (χ2n) is 5.69. The molecule has 2 atom stereocenters. The van der Waals surface area contributed by atoms with Crippen LogP contribution in [0.25, 0.3) is 0 Å². The number of nitrogens with zero attached hydrogens (tertiary/aromatic N) is 3. The predicted molar refractivity (Wildman–Crippen MR) is 75.5 cm³/mol. The zero-order chi connectivity index (χ0) is 15.2. The van der Waals surface area contributed by atoms with Crippen LogP contribution in [0, 0.1) is 21.4 Å². The van der Waals surface area contributed by atoms with Crippen molar-refractivity contribution in [2.45, 2.75) is 19.3 Å². The van der Waals surface area contributed by atoms with Gasteiger partial charge in [-0.1, -0.05) is 18.0 Å². The van der Waals surface area contributed by atoms with Crippen molar-refractivity contribution >= 4 is 29.1 Å². The van der Waals surface area contributed by atoms with E-state index in [1.54, 1.807) is 0 Å². The number of carboxylic acids is 1. The zero-order valence-corrected chi connectivity index (χ0v) is 11.9. The van der Waals surface area contributed by atoms with Crippen LogP contribution in [0.4, 0.5) is 11.5 Å². The number of aliphatic carboxylic acids is 1. The largest absolute Gasteiger partial charge is 0.481 e. The molecule has 1 aliphatic heterocycles. The number of carbonyl (C=O) groups is 1. The SMILES string of the molecule is O=C(O)[C@@]12CCC[C@H]1CN(c1ncc([N+](=O)[O-])cc1Cl)C2. The van der Waals surface area contributed by atoms with E-state index in [2.05, 4.69) is 4.98 Å². The van der Waals surface area contributed by atoms with Crippen molar-refractivity contribution < 1.29 is 14.8 Å². The third-order valence-corrected chi connectivity index (χ3v) is 4.89. The van der Waals surface area contributed by atoms with E-state index in [9.17, 15) is 20.0 Å². The fourth-order valence-corrected chi connectivity index (χ4v) is 3.83. The third-order valence-electron chi connectivity index (χ3n) is 4.61. The smallest absolute Gasteiger partial charge is 0.311 e. The van der Waals surface area contributed by atoms with E-state index < -0.39 is 16.3 Å². The summed E-state index contributed by atoms with van der Waals surface area (Å²) in [4.78, 5) is 27.7. The van der Waals surface area contributed by atoms with Crippen LogP contribution >= 0.6 is 11.6 Å². The summed E-state index contributed by atoms with van der Waals surface area (Å²) in [5, 5.41) is 20.4. The molecular weight excluding hydrogens is 298 g/mol. The number of carboxylic acid groups (broad SMARTS) is 1. The second kappa shape index (κ2) is 4.84. The first kappa shape index (κ1) is 14.1. The summed E-state index contributed by atoms with van der Waals surface area (Å²) in [5.41, 5.74) is -0.900. The maximum Gasteiger partial charge on any atom is 0.311 e. The molecule has 1 saturated carbocycles. The average Bonchev–Trinajstić information content (AvgIpc) is 2.95. The van der Waals surface area contributed by atoms with Crippen LogP contribution in [0.3, 0.4) is 0 Å². The lowest BCUT2D eigenvalue weighted by Gasteiger charge is -2.24. The minimum Gasteiger partial charge on any atom is -0.481 e. The van der Waals surface area contributed by atoms with Gasteiger partial charge in [0.2, 0.25) is 0 Å². The van der Waals surface area contributed by atoms with E-state index in [1.165, 1.54) is 6.07 Å². The van der Waals surface area contributed by atoms with Crippen molar-refractivity contribution in [2.75, 3.05) is 18.0 Å². The Balaban J connectivity index is 1.90. The van der Waals surface area contributed by atoms with Gasteiger partial charge in [0.1, 0.15) is 12.0 Å². The molecular formula is C13H14ClN3O4. The van der Waals surface area contributed by atoms with Crippen LogP contribution in [0.5, 0.6) is 0 Å². The van der Waals surface area contributed by atoms with Crippen LogP contribution < -0.4 is 4.90 Å². The lowest BCUT2D eigenvalue weighted by atomic mass is 9.81. The van der Waals surface area contributed by atoms with Crippen LogP contribution in [0.2, 0.25) is 5.02 Å². The average molecular weight is 312 g/mol. The molecule has 1 N–H and O–H groups in total. The monoisotopic (exact) mass is 311 g/mol. The lowest BCUT2D eigenvalue weighted by molar-refractivity contribution is -0.385. The maximum absolute atomic E-state index is 11.6. The molecule has 2 fully saturated rings. The Morgan fingerprint density at radius 1 is 1.62 bits per heavy atom. The number of hydrogen-bond donors (Lipinski definition) is 1. The summed E-state index contributed by atoms with van der Waals surface area (Å²) in [7, 11) is 0. The molecule has 7 nitrogen and oxygen atoms in total. The fraction of sp³-hybridized carbons (Fsp3) is 0.538. The summed E-state index contributed by atoms with van der Waals surface area (Å²) in [6.07, 6.45) is 3.62. The minimum absolute atomic E-state index is 0.0862. The van der Waals surface area contributed by atoms with E-state index in [0.29, 0.717) is 25.3 Å². The van der Waals surface area contributed by atoms with Crippen LogP contribution in [-0.2, 0) is 4.79 Å². The summed E-state index contributed by atoms with van der Waals surface area (Å²) in [6.45, 7) is 0.939. The number of nitro groups is 1. The summed E-state index contributed by atoms with van der Waals surface area (Å²) < 4.78 is 0. The Hall–Kier alpha value is -1.89. The third kappa shape index (κ3) is 2.12. The molecule has 0 spiro atoms.